The number of aromatic nitrogens is 2. The number of carbonyl (C=O) groups is 1. The van der Waals surface area contributed by atoms with E-state index in [1.54, 1.807) is 12.1 Å². The van der Waals surface area contributed by atoms with E-state index in [1.165, 1.54) is 30.0 Å². The number of hydrogen-bond donors (Lipinski definition) is 2. The molecule has 3 aromatic rings. The third-order valence-electron chi connectivity index (χ3n) is 5.17. The number of methoxy groups -OCH3 is 1. The summed E-state index contributed by atoms with van der Waals surface area (Å²) in [5.74, 6) is -1.99. The molecule has 0 radical (unpaired) electrons. The lowest BCUT2D eigenvalue weighted by Gasteiger charge is -2.25. The number of aliphatic hydroxyl groups is 1. The molecule has 2 N–H and O–H groups in total. The van der Waals surface area contributed by atoms with Crippen molar-refractivity contribution in [2.24, 2.45) is 5.92 Å². The van der Waals surface area contributed by atoms with Crippen LogP contribution in [0.3, 0.4) is 0 Å². The Morgan fingerprint density at radius 2 is 2.06 bits per heavy atom. The second kappa shape index (κ2) is 9.03. The van der Waals surface area contributed by atoms with Crippen LogP contribution in [-0.4, -0.2) is 39.5 Å². The lowest BCUT2D eigenvalue weighted by molar-refractivity contribution is 0.0694. The van der Waals surface area contributed by atoms with Crippen LogP contribution in [0.1, 0.15) is 41.5 Å². The number of benzene rings is 1. The zero-order valence-corrected chi connectivity index (χ0v) is 18.0. The van der Waals surface area contributed by atoms with Gasteiger partial charge >= 0.3 is 5.97 Å². The highest BCUT2D eigenvalue weighted by atomic mass is 35.5. The van der Waals surface area contributed by atoms with Crippen molar-refractivity contribution in [3.63, 3.8) is 0 Å². The predicted octanol–water partition coefficient (Wildman–Crippen LogP) is 3.68. The molecule has 0 saturated carbocycles. The maximum absolute atomic E-state index is 14.4. The Hall–Kier alpha value is -2.97. The maximum Gasteiger partial charge on any atom is 0.341 e. The van der Waals surface area contributed by atoms with Crippen molar-refractivity contribution in [3.05, 3.63) is 68.3 Å². The van der Waals surface area contributed by atoms with Gasteiger partial charge in [0.2, 0.25) is 11.3 Å². The van der Waals surface area contributed by atoms with E-state index in [0.717, 1.165) is 0 Å². The van der Waals surface area contributed by atoms with Gasteiger partial charge in [-0.1, -0.05) is 37.6 Å². The number of ether oxygens (including phenoxy) is 1. The number of carboxylic acid groups (broad SMARTS) is 1. The van der Waals surface area contributed by atoms with E-state index < -0.39 is 28.8 Å². The van der Waals surface area contributed by atoms with E-state index in [1.807, 2.05) is 13.8 Å². The monoisotopic (exact) mass is 448 g/mol. The fraction of sp³-hybridized carbons (Fsp3) is 0.318. The third kappa shape index (κ3) is 4.26. The van der Waals surface area contributed by atoms with Crippen LogP contribution in [0.25, 0.3) is 10.9 Å². The van der Waals surface area contributed by atoms with Crippen LogP contribution >= 0.6 is 11.6 Å². The fourth-order valence-electron chi connectivity index (χ4n) is 3.54. The van der Waals surface area contributed by atoms with Crippen LogP contribution in [0.2, 0.25) is 5.02 Å². The van der Waals surface area contributed by atoms with Crippen molar-refractivity contribution in [1.29, 1.82) is 0 Å². The molecular weight excluding hydrogens is 427 g/mol. The molecule has 1 unspecified atom stereocenters. The number of rotatable bonds is 7. The molecule has 0 bridgehead atoms. The lowest BCUT2D eigenvalue weighted by Crippen LogP contribution is -2.26. The topological polar surface area (TPSA) is 102 Å². The number of halogens is 2. The average molecular weight is 449 g/mol. The molecule has 2 heterocycles. The molecule has 7 nitrogen and oxygen atoms in total. The second-order valence-electron chi connectivity index (χ2n) is 7.49. The molecule has 0 aliphatic carbocycles. The Morgan fingerprint density at radius 1 is 1.35 bits per heavy atom. The van der Waals surface area contributed by atoms with Gasteiger partial charge in [-0.05, 0) is 23.6 Å². The van der Waals surface area contributed by atoms with Crippen molar-refractivity contribution in [1.82, 2.24) is 9.55 Å². The van der Waals surface area contributed by atoms with Gasteiger partial charge in [0.05, 0.1) is 30.2 Å². The highest BCUT2D eigenvalue weighted by Crippen LogP contribution is 2.30. The van der Waals surface area contributed by atoms with E-state index in [9.17, 15) is 24.2 Å². The number of carboxylic acids is 1. The van der Waals surface area contributed by atoms with Crippen molar-refractivity contribution in [2.45, 2.75) is 26.3 Å². The molecule has 9 heteroatoms. The van der Waals surface area contributed by atoms with Crippen LogP contribution in [0, 0.1) is 11.7 Å². The summed E-state index contributed by atoms with van der Waals surface area (Å²) in [5, 5.41) is 19.5. The van der Waals surface area contributed by atoms with Gasteiger partial charge < -0.3 is 19.5 Å². The van der Waals surface area contributed by atoms with Gasteiger partial charge in [0.1, 0.15) is 16.9 Å². The van der Waals surface area contributed by atoms with Gasteiger partial charge in [-0.2, -0.15) is 0 Å². The summed E-state index contributed by atoms with van der Waals surface area (Å²) in [7, 11) is 1.37. The van der Waals surface area contributed by atoms with E-state index >= 15 is 0 Å². The third-order valence-corrected chi connectivity index (χ3v) is 5.46. The van der Waals surface area contributed by atoms with Gasteiger partial charge in [0.25, 0.3) is 0 Å². The van der Waals surface area contributed by atoms with E-state index in [4.69, 9.17) is 16.3 Å². The second-order valence-corrected chi connectivity index (χ2v) is 7.89. The predicted molar refractivity (Wildman–Crippen MR) is 115 cm³/mol. The number of nitrogens with zero attached hydrogens (tertiary/aromatic N) is 2. The standard InChI is InChI=1S/C22H22ClFN2O5/c1-11(2)17(10-27)26-9-15(22(29)30)20(28)14-8-13(25-21(31-3)19(14)26)7-12-5-4-6-16(23)18(12)24/h4-6,8-9,11,17,27H,7,10H2,1-3H3,(H,29,30). The molecule has 2 aromatic heterocycles. The summed E-state index contributed by atoms with van der Waals surface area (Å²) in [6.45, 7) is 3.44. The number of aromatic carboxylic acids is 1. The van der Waals surface area contributed by atoms with Crippen LogP contribution in [-0.2, 0) is 6.42 Å². The molecule has 0 fully saturated rings. The number of hydrogen-bond acceptors (Lipinski definition) is 5. The van der Waals surface area contributed by atoms with Crippen molar-refractivity contribution < 1.29 is 24.1 Å². The van der Waals surface area contributed by atoms with E-state index in [0.29, 0.717) is 5.69 Å². The molecule has 1 aromatic carbocycles. The first kappa shape index (κ1) is 22.7. The normalized spacial score (nSPS) is 12.4. The van der Waals surface area contributed by atoms with Crippen molar-refractivity contribution >= 4 is 28.5 Å². The highest BCUT2D eigenvalue weighted by Gasteiger charge is 2.24. The fourth-order valence-corrected chi connectivity index (χ4v) is 3.74. The molecular formula is C22H22ClFN2O5. The summed E-state index contributed by atoms with van der Waals surface area (Å²) < 4.78 is 21.3. The molecule has 0 amide bonds. The van der Waals surface area contributed by atoms with Crippen molar-refractivity contribution in [2.75, 3.05) is 13.7 Å². The first-order valence-corrected chi connectivity index (χ1v) is 9.97. The minimum atomic E-state index is -1.39. The molecule has 0 aliphatic heterocycles. The summed E-state index contributed by atoms with van der Waals surface area (Å²) in [6.07, 6.45) is 1.22. The van der Waals surface area contributed by atoms with Gasteiger partial charge in [-0.3, -0.25) is 4.79 Å². The van der Waals surface area contributed by atoms with Crippen LogP contribution in [0.4, 0.5) is 4.39 Å². The van der Waals surface area contributed by atoms with Gasteiger partial charge in [0, 0.05) is 18.3 Å². The Morgan fingerprint density at radius 3 is 2.65 bits per heavy atom. The zero-order valence-electron chi connectivity index (χ0n) is 17.2. The molecule has 0 aliphatic rings. The Labute approximate surface area is 182 Å². The van der Waals surface area contributed by atoms with Crippen LogP contribution < -0.4 is 10.2 Å². The lowest BCUT2D eigenvalue weighted by atomic mass is 10.0. The first-order valence-electron chi connectivity index (χ1n) is 9.59. The van der Waals surface area contributed by atoms with Crippen LogP contribution in [0.15, 0.2) is 35.3 Å². The minimum absolute atomic E-state index is 0.0169. The molecule has 1 atom stereocenters. The van der Waals surface area contributed by atoms with Gasteiger partial charge in [-0.15, -0.1) is 0 Å². The largest absolute Gasteiger partial charge is 0.479 e. The maximum atomic E-state index is 14.4. The molecule has 0 spiro atoms. The Bertz CT molecular complexity index is 1210. The molecule has 3 rings (SSSR count). The first-order chi connectivity index (χ1) is 14.7. The number of fused-ring (bicyclic) bond motifs is 1. The van der Waals surface area contributed by atoms with Gasteiger partial charge in [0.15, 0.2) is 0 Å². The summed E-state index contributed by atoms with van der Waals surface area (Å²) >= 11 is 5.85. The Balaban J connectivity index is 2.33. The summed E-state index contributed by atoms with van der Waals surface area (Å²) in [4.78, 5) is 29.1. The number of pyridine rings is 2. The average Bonchev–Trinajstić information content (AvgIpc) is 2.72. The molecule has 0 saturated heterocycles. The molecule has 164 valence electrons. The molecule has 31 heavy (non-hydrogen) atoms. The minimum Gasteiger partial charge on any atom is -0.479 e. The summed E-state index contributed by atoms with van der Waals surface area (Å²) in [5.41, 5.74) is -0.318. The number of aliphatic hydroxyl groups excluding tert-OH is 1. The smallest absolute Gasteiger partial charge is 0.341 e. The SMILES string of the molecule is COc1nc(Cc2cccc(Cl)c2F)cc2c(=O)c(C(=O)O)cn(C(CO)C(C)C)c12. The van der Waals surface area contributed by atoms with E-state index in [-0.39, 0.29) is 46.3 Å². The van der Waals surface area contributed by atoms with Crippen molar-refractivity contribution in [3.8, 4) is 5.88 Å². The van der Waals surface area contributed by atoms with Crippen LogP contribution in [0.5, 0.6) is 5.88 Å². The van der Waals surface area contributed by atoms with Gasteiger partial charge in [-0.25, -0.2) is 14.2 Å². The van der Waals surface area contributed by atoms with E-state index in [2.05, 4.69) is 4.98 Å². The Kier molecular flexibility index (Phi) is 6.62. The zero-order chi connectivity index (χ0) is 22.9. The highest BCUT2D eigenvalue weighted by molar-refractivity contribution is 6.30. The summed E-state index contributed by atoms with van der Waals surface area (Å²) in [6, 6.07) is 5.48. The quantitative estimate of drug-likeness (QED) is 0.571.